The maximum atomic E-state index is 14.0. The molecule has 0 aromatic heterocycles. The Labute approximate surface area is 218 Å². The highest BCUT2D eigenvalue weighted by Crippen LogP contribution is 2.64. The quantitative estimate of drug-likeness (QED) is 0.387. The number of ether oxygens (including phenoxy) is 1. The summed E-state index contributed by atoms with van der Waals surface area (Å²) in [5.74, 6) is 5.21. The van der Waals surface area contributed by atoms with Crippen molar-refractivity contribution in [3.8, 4) is 0 Å². The van der Waals surface area contributed by atoms with Gasteiger partial charge in [0, 0.05) is 26.2 Å². The lowest BCUT2D eigenvalue weighted by atomic mass is 9.49. The number of rotatable bonds is 7. The van der Waals surface area contributed by atoms with Crippen LogP contribution in [0.4, 0.5) is 4.39 Å². The van der Waals surface area contributed by atoms with Gasteiger partial charge in [0.1, 0.15) is 5.82 Å². The fourth-order valence-corrected chi connectivity index (χ4v) is 9.61. The Hall–Kier alpha value is -1.42. The number of nitrogens with zero attached hydrogens (tertiary/aromatic N) is 1. The van der Waals surface area contributed by atoms with E-state index in [0.29, 0.717) is 11.8 Å². The molecule has 1 aromatic rings. The van der Waals surface area contributed by atoms with E-state index in [1.807, 2.05) is 24.1 Å². The topological polar surface area (TPSA) is 29.5 Å². The minimum Gasteiger partial charge on any atom is -0.381 e. The highest BCUT2D eigenvalue weighted by Gasteiger charge is 2.59. The van der Waals surface area contributed by atoms with Crippen LogP contribution in [0.2, 0.25) is 0 Å². The standard InChI is InChI=1S/C32H48FNO2/c1-5-30(22-8-11-24(33)12-9-22)34(4)31(35)29-16-15-28-27-14-10-23-19-21(20-36-6-2)7-13-25(23)26(27)17-18-32(28,29)3/h8-9,11-12,21,23,25-30H,5-7,10,13-20H2,1-4H3/t21?,23?,25?,26?,27?,28?,29-,30-,32?/m1/s1. The molecule has 4 aliphatic carbocycles. The summed E-state index contributed by atoms with van der Waals surface area (Å²) >= 11 is 0. The molecule has 5 rings (SSSR count). The van der Waals surface area contributed by atoms with E-state index in [4.69, 9.17) is 4.74 Å². The van der Waals surface area contributed by atoms with Crippen molar-refractivity contribution in [2.45, 2.75) is 91.0 Å². The summed E-state index contributed by atoms with van der Waals surface area (Å²) in [5.41, 5.74) is 1.17. The molecule has 0 N–H and O–H groups in total. The van der Waals surface area contributed by atoms with Crippen LogP contribution in [0.25, 0.3) is 0 Å². The largest absolute Gasteiger partial charge is 0.381 e. The highest BCUT2D eigenvalue weighted by molar-refractivity contribution is 5.80. The average molecular weight is 498 g/mol. The lowest BCUT2D eigenvalue weighted by Crippen LogP contribution is -2.51. The third kappa shape index (κ3) is 4.65. The molecule has 0 aliphatic heterocycles. The van der Waals surface area contributed by atoms with Crippen molar-refractivity contribution in [3.05, 3.63) is 35.6 Å². The SMILES string of the molecule is CCOCC1CCC2C(CCC3C2CCC2(C)C3CC[C@@H]2C(=O)N(C)[C@H](CC)c2ccc(F)cc2)C1. The van der Waals surface area contributed by atoms with Crippen LogP contribution in [0.1, 0.15) is 96.6 Å². The van der Waals surface area contributed by atoms with E-state index in [9.17, 15) is 9.18 Å². The van der Waals surface area contributed by atoms with E-state index in [0.717, 1.165) is 61.2 Å². The van der Waals surface area contributed by atoms with Crippen molar-refractivity contribution in [1.82, 2.24) is 4.90 Å². The molecule has 9 atom stereocenters. The minimum atomic E-state index is -0.219. The molecule has 4 aliphatic rings. The van der Waals surface area contributed by atoms with Gasteiger partial charge in [0.2, 0.25) is 5.91 Å². The Morgan fingerprint density at radius 2 is 1.78 bits per heavy atom. The van der Waals surface area contributed by atoms with Gasteiger partial charge in [0.25, 0.3) is 0 Å². The summed E-state index contributed by atoms with van der Waals surface area (Å²) < 4.78 is 19.3. The molecule has 0 spiro atoms. The van der Waals surface area contributed by atoms with Crippen LogP contribution < -0.4 is 0 Å². The average Bonchev–Trinajstić information content (AvgIpc) is 3.25. The molecule has 1 amide bonds. The zero-order valence-electron chi connectivity index (χ0n) is 23.1. The van der Waals surface area contributed by atoms with Crippen LogP contribution in [0.5, 0.6) is 0 Å². The van der Waals surface area contributed by atoms with Crippen LogP contribution in [-0.2, 0) is 9.53 Å². The van der Waals surface area contributed by atoms with Gasteiger partial charge in [-0.15, -0.1) is 0 Å². The van der Waals surface area contributed by atoms with Crippen molar-refractivity contribution in [3.63, 3.8) is 0 Å². The summed E-state index contributed by atoms with van der Waals surface area (Å²) in [4.78, 5) is 16.0. The van der Waals surface area contributed by atoms with Crippen molar-refractivity contribution in [2.24, 2.45) is 46.8 Å². The van der Waals surface area contributed by atoms with E-state index >= 15 is 0 Å². The number of amides is 1. The Morgan fingerprint density at radius 3 is 2.50 bits per heavy atom. The van der Waals surface area contributed by atoms with Crippen molar-refractivity contribution in [1.29, 1.82) is 0 Å². The second-order valence-electron chi connectivity index (χ2n) is 12.9. The molecule has 0 heterocycles. The molecule has 3 nitrogen and oxygen atoms in total. The first-order valence-corrected chi connectivity index (χ1v) is 15.0. The van der Waals surface area contributed by atoms with Gasteiger partial charge in [-0.3, -0.25) is 4.79 Å². The molecule has 4 fully saturated rings. The van der Waals surface area contributed by atoms with Gasteiger partial charge in [-0.25, -0.2) is 4.39 Å². The monoisotopic (exact) mass is 497 g/mol. The first-order valence-electron chi connectivity index (χ1n) is 15.0. The normalized spacial score (nSPS) is 38.5. The van der Waals surface area contributed by atoms with Gasteiger partial charge in [-0.05, 0) is 130 Å². The minimum absolute atomic E-state index is 0.0133. The number of benzene rings is 1. The van der Waals surface area contributed by atoms with Gasteiger partial charge in [-0.2, -0.15) is 0 Å². The number of hydrogen-bond acceptors (Lipinski definition) is 2. The fourth-order valence-electron chi connectivity index (χ4n) is 9.61. The van der Waals surface area contributed by atoms with Crippen LogP contribution in [-0.4, -0.2) is 31.1 Å². The smallest absolute Gasteiger partial charge is 0.226 e. The molecular formula is C32H48FNO2. The Balaban J connectivity index is 1.27. The first-order chi connectivity index (χ1) is 17.4. The van der Waals surface area contributed by atoms with Crippen LogP contribution in [0.3, 0.4) is 0 Å². The maximum absolute atomic E-state index is 14.0. The predicted molar refractivity (Wildman–Crippen MR) is 143 cm³/mol. The molecule has 4 saturated carbocycles. The summed E-state index contributed by atoms with van der Waals surface area (Å²) in [5, 5.41) is 0. The number of carbonyl (C=O) groups is 1. The molecule has 36 heavy (non-hydrogen) atoms. The van der Waals surface area contributed by atoms with E-state index < -0.39 is 0 Å². The Bertz CT molecular complexity index is 902. The van der Waals surface area contributed by atoms with Gasteiger partial charge in [-0.1, -0.05) is 26.0 Å². The number of hydrogen-bond donors (Lipinski definition) is 0. The molecule has 1 aromatic carbocycles. The zero-order valence-corrected chi connectivity index (χ0v) is 23.1. The third-order valence-electron chi connectivity index (χ3n) is 11.4. The molecule has 0 radical (unpaired) electrons. The van der Waals surface area contributed by atoms with Crippen molar-refractivity contribution in [2.75, 3.05) is 20.3 Å². The fraction of sp³-hybridized carbons (Fsp3) is 0.781. The molecule has 200 valence electrons. The van der Waals surface area contributed by atoms with Crippen LogP contribution in [0.15, 0.2) is 24.3 Å². The first kappa shape index (κ1) is 26.2. The number of halogens is 1. The van der Waals surface area contributed by atoms with E-state index in [1.165, 1.54) is 63.5 Å². The molecule has 0 saturated heterocycles. The van der Waals surface area contributed by atoms with Crippen LogP contribution in [0, 0.1) is 52.7 Å². The van der Waals surface area contributed by atoms with E-state index in [1.54, 1.807) is 0 Å². The summed E-state index contributed by atoms with van der Waals surface area (Å²) in [6.45, 7) is 8.50. The van der Waals surface area contributed by atoms with Crippen molar-refractivity contribution < 1.29 is 13.9 Å². The van der Waals surface area contributed by atoms with E-state index in [2.05, 4.69) is 20.8 Å². The van der Waals surface area contributed by atoms with Gasteiger partial charge in [0.05, 0.1) is 6.04 Å². The second kappa shape index (κ2) is 10.8. The van der Waals surface area contributed by atoms with Crippen LogP contribution >= 0.6 is 0 Å². The molecular weight excluding hydrogens is 449 g/mol. The van der Waals surface area contributed by atoms with Gasteiger partial charge in [0.15, 0.2) is 0 Å². The molecule has 4 heteroatoms. The third-order valence-corrected chi connectivity index (χ3v) is 11.4. The zero-order chi connectivity index (χ0) is 25.4. The number of carbonyl (C=O) groups excluding carboxylic acids is 1. The predicted octanol–water partition coefficient (Wildman–Crippen LogP) is 7.66. The summed E-state index contributed by atoms with van der Waals surface area (Å²) in [6, 6.07) is 6.74. The Kier molecular flexibility index (Phi) is 7.82. The number of fused-ring (bicyclic) bond motifs is 5. The maximum Gasteiger partial charge on any atom is 0.226 e. The summed E-state index contributed by atoms with van der Waals surface area (Å²) in [6.07, 6.45) is 12.5. The highest BCUT2D eigenvalue weighted by atomic mass is 19.1. The Morgan fingerprint density at radius 1 is 1.03 bits per heavy atom. The van der Waals surface area contributed by atoms with Crippen molar-refractivity contribution >= 4 is 5.91 Å². The molecule has 0 bridgehead atoms. The lowest BCUT2D eigenvalue weighted by Gasteiger charge is -2.56. The second-order valence-corrected chi connectivity index (χ2v) is 12.9. The van der Waals surface area contributed by atoms with E-state index in [-0.39, 0.29) is 23.2 Å². The molecule has 7 unspecified atom stereocenters. The van der Waals surface area contributed by atoms with Gasteiger partial charge < -0.3 is 9.64 Å². The van der Waals surface area contributed by atoms with Gasteiger partial charge >= 0.3 is 0 Å². The lowest BCUT2D eigenvalue weighted by molar-refractivity contribution is -0.144. The summed E-state index contributed by atoms with van der Waals surface area (Å²) in [7, 11) is 1.98.